The fourth-order valence-corrected chi connectivity index (χ4v) is 7.99. The van der Waals surface area contributed by atoms with Crippen molar-refractivity contribution in [3.63, 3.8) is 0 Å². The van der Waals surface area contributed by atoms with Crippen LogP contribution in [0.2, 0.25) is 10.0 Å². The van der Waals surface area contributed by atoms with Gasteiger partial charge in [0.05, 0.1) is 22.7 Å². The Hall–Kier alpha value is -2.42. The van der Waals surface area contributed by atoms with Gasteiger partial charge in [0.15, 0.2) is 18.9 Å². The minimum atomic E-state index is -1.20. The van der Waals surface area contributed by atoms with Gasteiger partial charge in [-0.3, -0.25) is 14.5 Å². The smallest absolute Gasteiger partial charge is 0.352 e. The number of rotatable bonds is 13. The minimum Gasteiger partial charge on any atom is -0.550 e. The highest BCUT2D eigenvalue weighted by molar-refractivity contribution is 8.01. The minimum absolute atomic E-state index is 0.0166. The van der Waals surface area contributed by atoms with Crippen molar-refractivity contribution >= 4 is 82.2 Å². The summed E-state index contributed by atoms with van der Waals surface area (Å²) in [5, 5.41) is 24.4. The number of hydrogen-bond acceptors (Lipinski definition) is 9. The summed E-state index contributed by atoms with van der Waals surface area (Å²) in [5.74, 6) is -3.13. The number of carboxylic acid groups (broad SMARTS) is 2. The number of hydrogen-bond donors (Lipinski definition) is 3. The summed E-state index contributed by atoms with van der Waals surface area (Å²) in [6.07, 6.45) is 3.81. The highest BCUT2D eigenvalue weighted by Gasteiger charge is 2.54. The molecular weight excluding hydrogens is 631 g/mol. The second-order valence-corrected chi connectivity index (χ2v) is 13.2. The molecule has 41 heavy (non-hydrogen) atoms. The predicted octanol–water partition coefficient (Wildman–Crippen LogP) is 1.62. The summed E-state index contributed by atoms with van der Waals surface area (Å²) in [6.45, 7) is 0.483. The van der Waals surface area contributed by atoms with Crippen LogP contribution in [0.15, 0.2) is 63.8 Å². The third kappa shape index (κ3) is 7.70. The molecule has 1 fully saturated rings. The van der Waals surface area contributed by atoms with Crippen LogP contribution in [0.4, 0.5) is 0 Å². The average molecular weight is 658 g/mol. The van der Waals surface area contributed by atoms with Gasteiger partial charge in [0, 0.05) is 38.5 Å². The number of aliphatic carboxylic acids is 2. The number of nitrogens with zero attached hydrogens (tertiary/aromatic N) is 2. The molecule has 4 rings (SSSR count). The molecule has 4 N–H and O–H groups in total. The Kier molecular flexibility index (Phi) is 10.9. The van der Waals surface area contributed by atoms with E-state index in [2.05, 4.69) is 5.32 Å². The Morgan fingerprint density at radius 2 is 1.95 bits per heavy atom. The number of halogens is 2. The quantitative estimate of drug-likeness (QED) is 0.164. The van der Waals surface area contributed by atoms with Crippen molar-refractivity contribution in [1.29, 1.82) is 0 Å². The third-order valence-corrected chi connectivity index (χ3v) is 10.5. The largest absolute Gasteiger partial charge is 0.550 e. The lowest BCUT2D eigenvalue weighted by atomic mass is 10.0. The molecule has 1 aromatic heterocycles. The van der Waals surface area contributed by atoms with Crippen molar-refractivity contribution < 1.29 is 34.0 Å². The summed E-state index contributed by atoms with van der Waals surface area (Å²) < 4.78 is 1.73. The highest BCUT2D eigenvalue weighted by atomic mass is 35.5. The number of nitrogens with one attached hydrogen (secondary N) is 1. The van der Waals surface area contributed by atoms with Crippen molar-refractivity contribution in [3.8, 4) is 0 Å². The SMILES string of the molecule is NCC[C@@H](C[n+]1ccc(SCC2=C(C(=O)O)N3C(=O)[C@@H](NC(=O)CSc4cc(Cl)ccc4Cl)[C@H]3SC2)cc1)C(=O)[O-]. The number of β-lactam (4-membered cyclic amide) rings is 1. The monoisotopic (exact) mass is 656 g/mol. The Labute approximate surface area is 259 Å². The number of amides is 2. The molecule has 2 aromatic rings. The van der Waals surface area contributed by atoms with Crippen LogP contribution in [-0.2, 0) is 25.7 Å². The van der Waals surface area contributed by atoms with Crippen LogP contribution < -0.4 is 20.7 Å². The maximum absolute atomic E-state index is 13.0. The molecule has 218 valence electrons. The van der Waals surface area contributed by atoms with E-state index < -0.39 is 35.2 Å². The van der Waals surface area contributed by atoms with Crippen LogP contribution >= 0.6 is 58.5 Å². The number of aromatic nitrogens is 1. The first-order valence-electron chi connectivity index (χ1n) is 12.4. The summed E-state index contributed by atoms with van der Waals surface area (Å²) in [7, 11) is 0. The van der Waals surface area contributed by atoms with Gasteiger partial charge in [0.2, 0.25) is 5.91 Å². The predicted molar refractivity (Wildman–Crippen MR) is 156 cm³/mol. The van der Waals surface area contributed by atoms with Gasteiger partial charge in [-0.05, 0) is 36.7 Å². The van der Waals surface area contributed by atoms with E-state index in [-0.39, 0.29) is 30.4 Å². The lowest BCUT2D eigenvalue weighted by molar-refractivity contribution is -0.702. The van der Waals surface area contributed by atoms with Crippen LogP contribution in [-0.4, -0.2) is 69.0 Å². The topological polar surface area (TPSA) is 157 Å². The number of pyridine rings is 1. The third-order valence-electron chi connectivity index (χ3n) is 6.37. The van der Waals surface area contributed by atoms with Gasteiger partial charge in [0.25, 0.3) is 5.91 Å². The van der Waals surface area contributed by atoms with Crippen LogP contribution in [0, 0.1) is 5.92 Å². The zero-order valence-corrected chi connectivity index (χ0v) is 25.4. The Morgan fingerprint density at radius 1 is 1.22 bits per heavy atom. The maximum Gasteiger partial charge on any atom is 0.352 e. The van der Waals surface area contributed by atoms with E-state index in [9.17, 15) is 29.4 Å². The molecule has 1 saturated heterocycles. The highest BCUT2D eigenvalue weighted by Crippen LogP contribution is 2.41. The zero-order valence-electron chi connectivity index (χ0n) is 21.5. The number of thioether (sulfide) groups is 3. The lowest BCUT2D eigenvalue weighted by Gasteiger charge is -2.49. The van der Waals surface area contributed by atoms with E-state index in [1.807, 2.05) is 12.1 Å². The number of nitrogens with two attached hydrogens (primary N) is 1. The first kappa shape index (κ1) is 31.5. The molecule has 3 heterocycles. The van der Waals surface area contributed by atoms with Crippen molar-refractivity contribution in [1.82, 2.24) is 10.2 Å². The van der Waals surface area contributed by atoms with Gasteiger partial charge in [-0.1, -0.05) is 23.2 Å². The van der Waals surface area contributed by atoms with Crippen molar-refractivity contribution in [3.05, 3.63) is 64.0 Å². The van der Waals surface area contributed by atoms with Gasteiger partial charge in [-0.25, -0.2) is 9.36 Å². The van der Waals surface area contributed by atoms with Crippen molar-refractivity contribution in [2.45, 2.75) is 34.2 Å². The Morgan fingerprint density at radius 3 is 2.61 bits per heavy atom. The second kappa shape index (κ2) is 14.2. The average Bonchev–Trinajstić information content (AvgIpc) is 2.95. The Balaban J connectivity index is 1.35. The molecule has 3 atom stereocenters. The zero-order chi connectivity index (χ0) is 29.7. The molecule has 0 unspecified atom stereocenters. The van der Waals surface area contributed by atoms with Gasteiger partial charge < -0.3 is 26.1 Å². The number of carbonyl (C=O) groups is 4. The molecular formula is C26H26Cl2N4O6S3. The van der Waals surface area contributed by atoms with E-state index in [0.717, 1.165) is 4.90 Å². The van der Waals surface area contributed by atoms with E-state index in [1.165, 1.54) is 40.2 Å². The van der Waals surface area contributed by atoms with Crippen LogP contribution in [0.25, 0.3) is 0 Å². The standard InChI is InChI=1S/C26H26Cl2N4O6S3/c27-16-1-2-18(28)19(9-16)40-13-20(33)30-21-23(34)32-22(26(37)38)15(12-41-24(21)32)11-39-17-4-7-31(8-5-17)10-14(3-6-29)25(35)36/h1-2,4-5,7-9,14,21,24H,3,6,10-13,29H2,(H2-,30,33,35,36,37,38)/t14-,21+,24+/m0/s1. The lowest BCUT2D eigenvalue weighted by Crippen LogP contribution is -2.70. The van der Waals surface area contributed by atoms with Gasteiger partial charge in [0.1, 0.15) is 17.1 Å². The van der Waals surface area contributed by atoms with Crippen LogP contribution in [0.3, 0.4) is 0 Å². The molecule has 0 radical (unpaired) electrons. The van der Waals surface area contributed by atoms with Crippen molar-refractivity contribution in [2.75, 3.05) is 23.8 Å². The number of fused-ring (bicyclic) bond motifs is 1. The fourth-order valence-electron chi connectivity index (χ4n) is 4.31. The van der Waals surface area contributed by atoms with Crippen LogP contribution in [0.5, 0.6) is 0 Å². The molecule has 0 bridgehead atoms. The summed E-state index contributed by atoms with van der Waals surface area (Å²) in [4.78, 5) is 51.7. The summed E-state index contributed by atoms with van der Waals surface area (Å²) >= 11 is 16.1. The van der Waals surface area contributed by atoms with E-state index in [0.29, 0.717) is 38.4 Å². The van der Waals surface area contributed by atoms with E-state index >= 15 is 0 Å². The van der Waals surface area contributed by atoms with Gasteiger partial charge >= 0.3 is 5.97 Å². The summed E-state index contributed by atoms with van der Waals surface area (Å²) in [5.41, 5.74) is 6.03. The molecule has 1 aromatic carbocycles. The normalized spacial score (nSPS) is 18.9. The van der Waals surface area contributed by atoms with E-state index in [1.54, 1.807) is 35.2 Å². The van der Waals surface area contributed by atoms with E-state index in [4.69, 9.17) is 28.9 Å². The molecule has 15 heteroatoms. The van der Waals surface area contributed by atoms with Gasteiger partial charge in [-0.2, -0.15) is 0 Å². The summed E-state index contributed by atoms with van der Waals surface area (Å²) in [6, 6.07) is 7.75. The number of carbonyl (C=O) groups excluding carboxylic acids is 3. The molecule has 0 spiro atoms. The maximum atomic E-state index is 13.0. The first-order valence-corrected chi connectivity index (χ1v) is 16.2. The second-order valence-electron chi connectivity index (χ2n) is 9.19. The fraction of sp³-hybridized carbons (Fsp3) is 0.346. The molecule has 2 amide bonds. The molecule has 2 aliphatic rings. The van der Waals surface area contributed by atoms with Gasteiger partial charge in [-0.15, -0.1) is 35.3 Å². The Bertz CT molecular complexity index is 1380. The number of benzene rings is 1. The molecule has 10 nitrogen and oxygen atoms in total. The molecule has 2 aliphatic heterocycles. The number of carboxylic acids is 2. The molecule has 0 saturated carbocycles. The van der Waals surface area contributed by atoms with Crippen molar-refractivity contribution in [2.24, 2.45) is 11.7 Å². The molecule has 0 aliphatic carbocycles. The first-order chi connectivity index (χ1) is 19.6. The van der Waals surface area contributed by atoms with Crippen LogP contribution in [0.1, 0.15) is 6.42 Å².